The summed E-state index contributed by atoms with van der Waals surface area (Å²) in [6.45, 7) is 5.89. The molecule has 0 aliphatic carbocycles. The molecule has 0 radical (unpaired) electrons. The zero-order valence-corrected chi connectivity index (χ0v) is 13.8. The van der Waals surface area contributed by atoms with E-state index in [1.54, 1.807) is 11.3 Å². The van der Waals surface area contributed by atoms with Crippen molar-refractivity contribution in [3.05, 3.63) is 20.8 Å². The number of alkyl carbamates (subject to hydrolysis) is 1. The summed E-state index contributed by atoms with van der Waals surface area (Å²) >= 11 is 5.04. The number of carbonyl (C=O) groups is 1. The van der Waals surface area contributed by atoms with Gasteiger partial charge in [0.2, 0.25) is 0 Å². The van der Waals surface area contributed by atoms with Gasteiger partial charge in [-0.05, 0) is 55.3 Å². The number of amides is 1. The monoisotopic (exact) mass is 349 g/mol. The molecule has 6 heteroatoms. The van der Waals surface area contributed by atoms with Crippen LogP contribution in [-0.4, -0.2) is 30.0 Å². The van der Waals surface area contributed by atoms with E-state index < -0.39 is 11.7 Å². The van der Waals surface area contributed by atoms with Gasteiger partial charge in [0.1, 0.15) is 5.60 Å². The minimum atomic E-state index is -0.503. The van der Waals surface area contributed by atoms with Crippen molar-refractivity contribution in [3.63, 3.8) is 0 Å². The van der Waals surface area contributed by atoms with Gasteiger partial charge in [-0.15, -0.1) is 11.3 Å². The summed E-state index contributed by atoms with van der Waals surface area (Å²) in [5, 5.41) is 12.0. The van der Waals surface area contributed by atoms with E-state index in [9.17, 15) is 9.90 Å². The van der Waals surface area contributed by atoms with E-state index in [2.05, 4.69) is 21.2 Å². The lowest BCUT2D eigenvalue weighted by molar-refractivity contribution is 0.0513. The molecule has 108 valence electrons. The second-order valence-corrected chi connectivity index (χ2v) is 7.89. The van der Waals surface area contributed by atoms with Crippen molar-refractivity contribution in [3.8, 4) is 0 Å². The molecule has 0 aliphatic rings. The third-order valence-corrected chi connectivity index (χ3v) is 3.96. The standard InChI is InChI=1S/C13H20BrNO3S/c1-13(2,3)18-12(17)15-7-9(8-16)6-10-4-5-11(14)19-10/h4-5,9,16H,6-8H2,1-3H3,(H,15,17). The Morgan fingerprint density at radius 2 is 2.21 bits per heavy atom. The average molecular weight is 350 g/mol. The third-order valence-electron chi connectivity index (χ3n) is 2.31. The van der Waals surface area contributed by atoms with Gasteiger partial charge < -0.3 is 15.2 Å². The van der Waals surface area contributed by atoms with E-state index in [1.165, 1.54) is 4.88 Å². The Bertz CT molecular complexity index is 414. The minimum Gasteiger partial charge on any atom is -0.444 e. The van der Waals surface area contributed by atoms with Gasteiger partial charge in [0.25, 0.3) is 0 Å². The topological polar surface area (TPSA) is 58.6 Å². The summed E-state index contributed by atoms with van der Waals surface area (Å²) in [6.07, 6.45) is 0.293. The Hall–Kier alpha value is -0.590. The predicted molar refractivity (Wildman–Crippen MR) is 80.5 cm³/mol. The lowest BCUT2D eigenvalue weighted by Crippen LogP contribution is -2.36. The fraction of sp³-hybridized carbons (Fsp3) is 0.615. The molecule has 1 amide bonds. The number of aliphatic hydroxyl groups excluding tert-OH is 1. The lowest BCUT2D eigenvalue weighted by Gasteiger charge is -2.21. The Morgan fingerprint density at radius 1 is 1.53 bits per heavy atom. The normalized spacial score (nSPS) is 13.1. The number of rotatable bonds is 5. The van der Waals surface area contributed by atoms with Crippen molar-refractivity contribution in [2.24, 2.45) is 5.92 Å². The first kappa shape index (κ1) is 16.5. The van der Waals surface area contributed by atoms with Crippen molar-refractivity contribution >= 4 is 33.4 Å². The Morgan fingerprint density at radius 3 is 2.68 bits per heavy atom. The third kappa shape index (κ3) is 6.94. The number of hydrogen-bond acceptors (Lipinski definition) is 4. The highest BCUT2D eigenvalue weighted by molar-refractivity contribution is 9.11. The van der Waals surface area contributed by atoms with Crippen LogP contribution in [0.2, 0.25) is 0 Å². The summed E-state index contributed by atoms with van der Waals surface area (Å²) in [6, 6.07) is 4.00. The molecular weight excluding hydrogens is 330 g/mol. The molecule has 1 aromatic rings. The number of nitrogens with one attached hydrogen (secondary N) is 1. The van der Waals surface area contributed by atoms with Crippen LogP contribution in [0.25, 0.3) is 0 Å². The van der Waals surface area contributed by atoms with E-state index in [0.29, 0.717) is 6.54 Å². The van der Waals surface area contributed by atoms with Crippen LogP contribution in [0.5, 0.6) is 0 Å². The second kappa shape index (κ2) is 7.26. The molecule has 0 saturated heterocycles. The maximum absolute atomic E-state index is 11.5. The van der Waals surface area contributed by atoms with Gasteiger partial charge in [0, 0.05) is 23.9 Å². The van der Waals surface area contributed by atoms with Crippen molar-refractivity contribution in [1.82, 2.24) is 5.32 Å². The first-order chi connectivity index (χ1) is 8.80. The highest BCUT2D eigenvalue weighted by Crippen LogP contribution is 2.24. The first-order valence-electron chi connectivity index (χ1n) is 6.12. The lowest BCUT2D eigenvalue weighted by atomic mass is 10.1. The molecule has 2 N–H and O–H groups in total. The van der Waals surface area contributed by atoms with Crippen molar-refractivity contribution < 1.29 is 14.6 Å². The van der Waals surface area contributed by atoms with E-state index in [1.807, 2.05) is 32.9 Å². The molecule has 1 atom stereocenters. The smallest absolute Gasteiger partial charge is 0.407 e. The molecule has 0 saturated carbocycles. The van der Waals surface area contributed by atoms with Gasteiger partial charge in [-0.2, -0.15) is 0 Å². The molecule has 0 aliphatic heterocycles. The first-order valence-corrected chi connectivity index (χ1v) is 7.73. The van der Waals surface area contributed by atoms with Gasteiger partial charge in [-0.1, -0.05) is 0 Å². The predicted octanol–water partition coefficient (Wildman–Crippen LogP) is 3.19. The van der Waals surface area contributed by atoms with Crippen LogP contribution in [-0.2, 0) is 11.2 Å². The Labute approximate surface area is 126 Å². The summed E-state index contributed by atoms with van der Waals surface area (Å²) < 4.78 is 6.22. The molecule has 1 heterocycles. The fourth-order valence-electron chi connectivity index (χ4n) is 1.49. The zero-order valence-electron chi connectivity index (χ0n) is 11.4. The Kier molecular flexibility index (Phi) is 6.29. The summed E-state index contributed by atoms with van der Waals surface area (Å²) in [5.74, 6) is -0.00179. The number of hydrogen-bond donors (Lipinski definition) is 2. The largest absolute Gasteiger partial charge is 0.444 e. The van der Waals surface area contributed by atoms with Gasteiger partial charge in [-0.25, -0.2) is 4.79 Å². The van der Waals surface area contributed by atoms with Crippen LogP contribution in [0.1, 0.15) is 25.6 Å². The van der Waals surface area contributed by atoms with Crippen LogP contribution in [0.15, 0.2) is 15.9 Å². The van der Waals surface area contributed by atoms with Crippen LogP contribution in [0, 0.1) is 5.92 Å². The number of thiophene rings is 1. The van der Waals surface area contributed by atoms with E-state index in [-0.39, 0.29) is 12.5 Å². The van der Waals surface area contributed by atoms with Crippen LogP contribution in [0.4, 0.5) is 4.79 Å². The minimum absolute atomic E-state index is 0.00179. The van der Waals surface area contributed by atoms with Crippen molar-refractivity contribution in [1.29, 1.82) is 0 Å². The SMILES string of the molecule is CC(C)(C)OC(=O)NCC(CO)Cc1ccc(Br)s1. The number of ether oxygens (including phenoxy) is 1. The summed E-state index contributed by atoms with van der Waals surface area (Å²) in [5.41, 5.74) is -0.503. The molecule has 4 nitrogen and oxygen atoms in total. The summed E-state index contributed by atoms with van der Waals surface area (Å²) in [4.78, 5) is 12.7. The van der Waals surface area contributed by atoms with E-state index in [0.717, 1.165) is 10.2 Å². The average Bonchev–Trinajstić information content (AvgIpc) is 2.67. The fourth-order valence-corrected chi connectivity index (χ4v) is 3.09. The van der Waals surface area contributed by atoms with Crippen LogP contribution in [0.3, 0.4) is 0 Å². The highest BCUT2D eigenvalue weighted by Gasteiger charge is 2.17. The van der Waals surface area contributed by atoms with Crippen LogP contribution >= 0.6 is 27.3 Å². The quantitative estimate of drug-likeness (QED) is 0.858. The van der Waals surface area contributed by atoms with E-state index in [4.69, 9.17) is 4.74 Å². The molecular formula is C13H20BrNO3S. The molecule has 0 spiro atoms. The number of halogens is 1. The molecule has 1 aromatic heterocycles. The molecule has 0 bridgehead atoms. The summed E-state index contributed by atoms with van der Waals surface area (Å²) in [7, 11) is 0. The molecule has 0 fully saturated rings. The number of carbonyl (C=O) groups excluding carboxylic acids is 1. The van der Waals surface area contributed by atoms with E-state index >= 15 is 0 Å². The van der Waals surface area contributed by atoms with Gasteiger partial charge >= 0.3 is 6.09 Å². The molecule has 19 heavy (non-hydrogen) atoms. The van der Waals surface area contributed by atoms with Crippen molar-refractivity contribution in [2.45, 2.75) is 32.8 Å². The van der Waals surface area contributed by atoms with Gasteiger partial charge in [0.05, 0.1) is 3.79 Å². The molecule has 1 rings (SSSR count). The molecule has 0 aromatic carbocycles. The maximum Gasteiger partial charge on any atom is 0.407 e. The maximum atomic E-state index is 11.5. The second-order valence-electron chi connectivity index (χ2n) is 5.34. The van der Waals surface area contributed by atoms with Crippen LogP contribution < -0.4 is 5.32 Å². The Balaban J connectivity index is 2.38. The van der Waals surface area contributed by atoms with Gasteiger partial charge in [-0.3, -0.25) is 0 Å². The van der Waals surface area contributed by atoms with Crippen molar-refractivity contribution in [2.75, 3.05) is 13.2 Å². The highest BCUT2D eigenvalue weighted by atomic mass is 79.9. The molecule has 1 unspecified atom stereocenters. The zero-order chi connectivity index (χ0) is 14.5. The van der Waals surface area contributed by atoms with Gasteiger partial charge in [0.15, 0.2) is 0 Å². The number of aliphatic hydroxyl groups is 1.